The Balaban J connectivity index is 1.81. The summed E-state index contributed by atoms with van der Waals surface area (Å²) >= 11 is 6.10. The van der Waals surface area contributed by atoms with Crippen molar-refractivity contribution in [3.8, 4) is 11.1 Å². The Kier molecular flexibility index (Phi) is 5.42. The molecule has 2 heterocycles. The molecule has 1 aliphatic rings. The van der Waals surface area contributed by atoms with Gasteiger partial charge in [-0.1, -0.05) is 36.7 Å². The molecule has 1 saturated heterocycles. The molecule has 1 aromatic heterocycles. The van der Waals surface area contributed by atoms with Crippen LogP contribution >= 0.6 is 11.6 Å². The third-order valence-corrected chi connectivity index (χ3v) is 5.79. The molecule has 0 radical (unpaired) electrons. The van der Waals surface area contributed by atoms with E-state index in [1.807, 2.05) is 35.9 Å². The SMILES string of the molecule is CCc1ccc2c(c1)c(-c1ccc(Cl)cc1)c(C(=O)NC[C@@H]1CCCO1)n2C. The number of carbonyl (C=O) groups excluding carboxylic acids is 1. The van der Waals surface area contributed by atoms with E-state index in [4.69, 9.17) is 16.3 Å². The highest BCUT2D eigenvalue weighted by atomic mass is 35.5. The molecule has 2 aromatic carbocycles. The molecule has 4 nitrogen and oxygen atoms in total. The Bertz CT molecular complexity index is 1000. The minimum Gasteiger partial charge on any atom is -0.376 e. The summed E-state index contributed by atoms with van der Waals surface area (Å²) in [6.07, 6.45) is 3.12. The van der Waals surface area contributed by atoms with Crippen molar-refractivity contribution < 1.29 is 9.53 Å². The van der Waals surface area contributed by atoms with Gasteiger partial charge in [-0.2, -0.15) is 0 Å². The van der Waals surface area contributed by atoms with Gasteiger partial charge in [-0.3, -0.25) is 4.79 Å². The maximum absolute atomic E-state index is 13.2. The van der Waals surface area contributed by atoms with Gasteiger partial charge < -0.3 is 14.6 Å². The summed E-state index contributed by atoms with van der Waals surface area (Å²) in [5.74, 6) is -0.0720. The molecule has 3 aromatic rings. The summed E-state index contributed by atoms with van der Waals surface area (Å²) < 4.78 is 7.64. The molecule has 0 bridgehead atoms. The minimum absolute atomic E-state index is 0.0720. The van der Waals surface area contributed by atoms with Crippen LogP contribution in [0.1, 0.15) is 35.8 Å². The fourth-order valence-electron chi connectivity index (χ4n) is 3.98. The molecule has 0 unspecified atom stereocenters. The van der Waals surface area contributed by atoms with E-state index in [2.05, 4.69) is 30.4 Å². The van der Waals surface area contributed by atoms with Gasteiger partial charge >= 0.3 is 0 Å². The molecule has 1 N–H and O–H groups in total. The first kappa shape index (κ1) is 19.0. The molecule has 1 fully saturated rings. The lowest BCUT2D eigenvalue weighted by Crippen LogP contribution is -2.33. The summed E-state index contributed by atoms with van der Waals surface area (Å²) in [4.78, 5) is 13.2. The normalized spacial score (nSPS) is 16.6. The van der Waals surface area contributed by atoms with Crippen molar-refractivity contribution in [1.82, 2.24) is 9.88 Å². The molecule has 4 rings (SSSR count). The van der Waals surface area contributed by atoms with Crippen LogP contribution in [0.5, 0.6) is 0 Å². The van der Waals surface area contributed by atoms with Crippen molar-refractivity contribution in [3.05, 3.63) is 58.7 Å². The van der Waals surface area contributed by atoms with E-state index in [0.717, 1.165) is 47.9 Å². The van der Waals surface area contributed by atoms with Gasteiger partial charge in [0.05, 0.1) is 6.10 Å². The average Bonchev–Trinajstić information content (AvgIpc) is 3.33. The first-order valence-electron chi connectivity index (χ1n) is 9.85. The van der Waals surface area contributed by atoms with E-state index in [1.54, 1.807) is 0 Å². The highest BCUT2D eigenvalue weighted by molar-refractivity contribution is 6.30. The molecule has 5 heteroatoms. The van der Waals surface area contributed by atoms with Crippen LogP contribution in [0.2, 0.25) is 5.02 Å². The Morgan fingerprint density at radius 1 is 1.25 bits per heavy atom. The zero-order valence-corrected chi connectivity index (χ0v) is 17.1. The van der Waals surface area contributed by atoms with E-state index in [1.165, 1.54) is 5.56 Å². The number of hydrogen-bond donors (Lipinski definition) is 1. The van der Waals surface area contributed by atoms with Crippen LogP contribution < -0.4 is 5.32 Å². The third-order valence-electron chi connectivity index (χ3n) is 5.53. The second-order valence-corrected chi connectivity index (χ2v) is 7.78. The summed E-state index contributed by atoms with van der Waals surface area (Å²) in [6, 6.07) is 14.1. The van der Waals surface area contributed by atoms with E-state index in [9.17, 15) is 4.79 Å². The standard InChI is InChI=1S/C23H25ClN2O2/c1-3-15-6-11-20-19(13-15)21(16-7-9-17(24)10-8-16)22(26(20)2)23(27)25-14-18-5-4-12-28-18/h6-11,13,18H,3-5,12,14H2,1-2H3,(H,25,27)/t18-/m0/s1. The number of halogens is 1. The predicted octanol–water partition coefficient (Wildman–Crippen LogP) is 4.97. The molecule has 1 amide bonds. The van der Waals surface area contributed by atoms with Gasteiger partial charge in [-0.15, -0.1) is 0 Å². The first-order chi connectivity index (χ1) is 13.6. The van der Waals surface area contributed by atoms with Gasteiger partial charge in [-0.05, 0) is 54.7 Å². The number of amides is 1. The second kappa shape index (κ2) is 7.98. The number of aryl methyl sites for hydroxylation is 2. The predicted molar refractivity (Wildman–Crippen MR) is 114 cm³/mol. The lowest BCUT2D eigenvalue weighted by atomic mass is 9.99. The van der Waals surface area contributed by atoms with Gasteiger partial charge in [0.15, 0.2) is 0 Å². The van der Waals surface area contributed by atoms with E-state index in [-0.39, 0.29) is 12.0 Å². The molecule has 0 spiro atoms. The Labute approximate surface area is 170 Å². The average molecular weight is 397 g/mol. The summed E-state index contributed by atoms with van der Waals surface area (Å²) in [5, 5.41) is 4.85. The minimum atomic E-state index is -0.0720. The van der Waals surface area contributed by atoms with Gasteiger partial charge in [0, 0.05) is 41.7 Å². The second-order valence-electron chi connectivity index (χ2n) is 7.34. The zero-order chi connectivity index (χ0) is 19.7. The molecular weight excluding hydrogens is 372 g/mol. The topological polar surface area (TPSA) is 43.3 Å². The number of nitrogens with one attached hydrogen (secondary N) is 1. The van der Waals surface area contributed by atoms with E-state index < -0.39 is 0 Å². The molecule has 1 aliphatic heterocycles. The van der Waals surface area contributed by atoms with Crippen molar-refractivity contribution in [2.45, 2.75) is 32.3 Å². The lowest BCUT2D eigenvalue weighted by molar-refractivity contribution is 0.0852. The van der Waals surface area contributed by atoms with Crippen LogP contribution in [-0.4, -0.2) is 29.7 Å². The number of hydrogen-bond acceptors (Lipinski definition) is 2. The quantitative estimate of drug-likeness (QED) is 0.661. The summed E-state index contributed by atoms with van der Waals surface area (Å²) in [6.45, 7) is 3.46. The van der Waals surface area contributed by atoms with Crippen molar-refractivity contribution in [3.63, 3.8) is 0 Å². The van der Waals surface area contributed by atoms with E-state index in [0.29, 0.717) is 17.3 Å². The number of rotatable bonds is 5. The van der Waals surface area contributed by atoms with Gasteiger partial charge in [0.1, 0.15) is 5.69 Å². The highest BCUT2D eigenvalue weighted by Gasteiger charge is 2.24. The molecule has 28 heavy (non-hydrogen) atoms. The van der Waals surface area contributed by atoms with Gasteiger partial charge in [0.2, 0.25) is 0 Å². The fourth-order valence-corrected chi connectivity index (χ4v) is 4.11. The largest absolute Gasteiger partial charge is 0.376 e. The highest BCUT2D eigenvalue weighted by Crippen LogP contribution is 2.35. The number of benzene rings is 2. The number of fused-ring (bicyclic) bond motifs is 1. The molecule has 0 aliphatic carbocycles. The Morgan fingerprint density at radius 2 is 2.04 bits per heavy atom. The molecule has 1 atom stereocenters. The Hall–Kier alpha value is -2.30. The van der Waals surface area contributed by atoms with Gasteiger partial charge in [-0.25, -0.2) is 0 Å². The van der Waals surface area contributed by atoms with Crippen molar-refractivity contribution in [2.24, 2.45) is 7.05 Å². The van der Waals surface area contributed by atoms with Crippen molar-refractivity contribution in [2.75, 3.05) is 13.2 Å². The van der Waals surface area contributed by atoms with Crippen molar-refractivity contribution in [1.29, 1.82) is 0 Å². The summed E-state index contributed by atoms with van der Waals surface area (Å²) in [7, 11) is 1.95. The monoisotopic (exact) mass is 396 g/mol. The zero-order valence-electron chi connectivity index (χ0n) is 16.3. The third kappa shape index (κ3) is 3.54. The lowest BCUT2D eigenvalue weighted by Gasteiger charge is -2.13. The number of aromatic nitrogens is 1. The van der Waals surface area contributed by atoms with Gasteiger partial charge in [0.25, 0.3) is 5.91 Å². The van der Waals surface area contributed by atoms with Crippen LogP contribution in [0.15, 0.2) is 42.5 Å². The summed E-state index contributed by atoms with van der Waals surface area (Å²) in [5.41, 5.74) is 4.91. The molecular formula is C23H25ClN2O2. The Morgan fingerprint density at radius 3 is 2.71 bits per heavy atom. The first-order valence-corrected chi connectivity index (χ1v) is 10.2. The van der Waals surface area contributed by atoms with Crippen LogP contribution in [0, 0.1) is 0 Å². The van der Waals surface area contributed by atoms with Crippen LogP contribution in [0.3, 0.4) is 0 Å². The number of carbonyl (C=O) groups is 1. The smallest absolute Gasteiger partial charge is 0.268 e. The maximum atomic E-state index is 13.2. The van der Waals surface area contributed by atoms with Crippen LogP contribution in [0.4, 0.5) is 0 Å². The van der Waals surface area contributed by atoms with Crippen LogP contribution in [0.25, 0.3) is 22.0 Å². The molecule has 146 valence electrons. The fraction of sp³-hybridized carbons (Fsp3) is 0.348. The number of ether oxygens (including phenoxy) is 1. The maximum Gasteiger partial charge on any atom is 0.268 e. The number of nitrogens with zero attached hydrogens (tertiary/aromatic N) is 1. The molecule has 0 saturated carbocycles. The van der Waals surface area contributed by atoms with E-state index >= 15 is 0 Å². The van der Waals surface area contributed by atoms with Crippen molar-refractivity contribution >= 4 is 28.4 Å². The van der Waals surface area contributed by atoms with Crippen LogP contribution in [-0.2, 0) is 18.2 Å².